The van der Waals surface area contributed by atoms with Gasteiger partial charge in [0, 0.05) is 38.2 Å². The predicted molar refractivity (Wildman–Crippen MR) is 79.6 cm³/mol. The van der Waals surface area contributed by atoms with Gasteiger partial charge in [-0.25, -0.2) is 0 Å². The number of likely N-dealkylation sites (tertiary alicyclic amines) is 1. The fourth-order valence-corrected chi connectivity index (χ4v) is 3.58. The van der Waals surface area contributed by atoms with Gasteiger partial charge in [-0.15, -0.1) is 0 Å². The Morgan fingerprint density at radius 3 is 2.68 bits per heavy atom. The van der Waals surface area contributed by atoms with E-state index >= 15 is 0 Å². The van der Waals surface area contributed by atoms with E-state index in [0.717, 1.165) is 26.3 Å². The van der Waals surface area contributed by atoms with Gasteiger partial charge < -0.3 is 19.9 Å². The largest absolute Gasteiger partial charge is 0.381 e. The molecule has 0 radical (unpaired) electrons. The van der Waals surface area contributed by atoms with Crippen LogP contribution in [0.15, 0.2) is 0 Å². The zero-order chi connectivity index (χ0) is 13.6. The van der Waals surface area contributed by atoms with E-state index in [1.807, 2.05) is 0 Å². The summed E-state index contributed by atoms with van der Waals surface area (Å²) in [5, 5.41) is 3.36. The van der Waals surface area contributed by atoms with Crippen molar-refractivity contribution in [3.8, 4) is 0 Å². The molecular weight excluding hydrogens is 238 g/mol. The molecule has 2 heterocycles. The molecule has 1 N–H and O–H groups in total. The number of nitrogens with zero attached hydrogens (tertiary/aromatic N) is 2. The van der Waals surface area contributed by atoms with Gasteiger partial charge in [0.2, 0.25) is 0 Å². The number of hydrogen-bond donors (Lipinski definition) is 1. The standard InChI is InChI=1S/C15H31N3O/c1-16-12-15(6-5-11-19-14-15)13-17(2)9-10-18-7-3-4-8-18/h16H,3-14H2,1-2H3. The fraction of sp³-hybridized carbons (Fsp3) is 1.00. The summed E-state index contributed by atoms with van der Waals surface area (Å²) in [6.07, 6.45) is 5.28. The van der Waals surface area contributed by atoms with Crippen LogP contribution in [0.4, 0.5) is 0 Å². The first-order chi connectivity index (χ1) is 9.24. The Kier molecular flexibility index (Phi) is 6.07. The van der Waals surface area contributed by atoms with Crippen molar-refractivity contribution >= 4 is 0 Å². The van der Waals surface area contributed by atoms with Crippen molar-refractivity contribution in [3.05, 3.63) is 0 Å². The maximum Gasteiger partial charge on any atom is 0.0546 e. The molecule has 0 spiro atoms. The van der Waals surface area contributed by atoms with E-state index in [0.29, 0.717) is 5.41 Å². The summed E-state index contributed by atoms with van der Waals surface area (Å²) >= 11 is 0. The highest BCUT2D eigenvalue weighted by Crippen LogP contribution is 2.28. The van der Waals surface area contributed by atoms with E-state index in [9.17, 15) is 0 Å². The quantitative estimate of drug-likeness (QED) is 0.747. The van der Waals surface area contributed by atoms with Crippen LogP contribution < -0.4 is 5.32 Å². The number of rotatable bonds is 7. The zero-order valence-corrected chi connectivity index (χ0v) is 12.8. The average Bonchev–Trinajstić information content (AvgIpc) is 2.91. The van der Waals surface area contributed by atoms with Crippen LogP contribution >= 0.6 is 0 Å². The monoisotopic (exact) mass is 269 g/mol. The third-order valence-corrected chi connectivity index (χ3v) is 4.56. The number of ether oxygens (including phenoxy) is 1. The highest BCUT2D eigenvalue weighted by Gasteiger charge is 2.33. The average molecular weight is 269 g/mol. The lowest BCUT2D eigenvalue weighted by Crippen LogP contribution is -2.48. The summed E-state index contributed by atoms with van der Waals surface area (Å²) < 4.78 is 5.74. The van der Waals surface area contributed by atoms with Gasteiger partial charge in [-0.2, -0.15) is 0 Å². The topological polar surface area (TPSA) is 27.7 Å². The second-order valence-corrected chi connectivity index (χ2v) is 6.47. The number of likely N-dealkylation sites (N-methyl/N-ethyl adjacent to an activating group) is 1. The van der Waals surface area contributed by atoms with Gasteiger partial charge in [-0.1, -0.05) is 0 Å². The van der Waals surface area contributed by atoms with Gasteiger partial charge >= 0.3 is 0 Å². The molecule has 2 saturated heterocycles. The maximum atomic E-state index is 5.74. The second-order valence-electron chi connectivity index (χ2n) is 6.47. The Balaban J connectivity index is 1.75. The number of nitrogens with one attached hydrogen (secondary N) is 1. The van der Waals surface area contributed by atoms with Crippen LogP contribution in [0, 0.1) is 5.41 Å². The van der Waals surface area contributed by atoms with Crippen molar-refractivity contribution < 1.29 is 4.74 Å². The summed E-state index contributed by atoms with van der Waals surface area (Å²) in [5.74, 6) is 0. The fourth-order valence-electron chi connectivity index (χ4n) is 3.58. The Labute approximate surface area is 118 Å². The van der Waals surface area contributed by atoms with E-state index < -0.39 is 0 Å². The summed E-state index contributed by atoms with van der Waals surface area (Å²) in [5.41, 5.74) is 0.326. The molecule has 0 aliphatic carbocycles. The van der Waals surface area contributed by atoms with Crippen LogP contribution in [0.25, 0.3) is 0 Å². The van der Waals surface area contributed by atoms with Crippen molar-refractivity contribution in [2.75, 3.05) is 66.6 Å². The predicted octanol–water partition coefficient (Wildman–Crippen LogP) is 1.03. The third kappa shape index (κ3) is 4.71. The van der Waals surface area contributed by atoms with Crippen molar-refractivity contribution in [1.29, 1.82) is 0 Å². The number of hydrogen-bond acceptors (Lipinski definition) is 4. The molecule has 1 unspecified atom stereocenters. The Bertz CT molecular complexity index is 242. The van der Waals surface area contributed by atoms with E-state index in [2.05, 4.69) is 29.2 Å². The van der Waals surface area contributed by atoms with Gasteiger partial charge in [-0.05, 0) is 52.9 Å². The molecule has 2 rings (SSSR count). The smallest absolute Gasteiger partial charge is 0.0546 e. The lowest BCUT2D eigenvalue weighted by Gasteiger charge is -2.40. The van der Waals surface area contributed by atoms with E-state index in [1.165, 1.54) is 51.9 Å². The van der Waals surface area contributed by atoms with Crippen molar-refractivity contribution in [2.45, 2.75) is 25.7 Å². The van der Waals surface area contributed by atoms with E-state index in [-0.39, 0.29) is 0 Å². The van der Waals surface area contributed by atoms with Crippen LogP contribution in [0.3, 0.4) is 0 Å². The molecule has 0 aromatic rings. The van der Waals surface area contributed by atoms with Crippen molar-refractivity contribution in [1.82, 2.24) is 15.1 Å². The summed E-state index contributed by atoms with van der Waals surface area (Å²) in [6.45, 7) is 9.11. The lowest BCUT2D eigenvalue weighted by molar-refractivity contribution is -0.0224. The van der Waals surface area contributed by atoms with E-state index in [4.69, 9.17) is 4.74 Å². The van der Waals surface area contributed by atoms with Gasteiger partial charge in [0.25, 0.3) is 0 Å². The molecule has 0 bridgehead atoms. The van der Waals surface area contributed by atoms with Crippen LogP contribution in [-0.2, 0) is 4.74 Å². The molecule has 2 aliphatic rings. The van der Waals surface area contributed by atoms with Gasteiger partial charge in [0.15, 0.2) is 0 Å². The SMILES string of the molecule is CNCC1(CN(C)CCN2CCCC2)CCCOC1. The van der Waals surface area contributed by atoms with Crippen molar-refractivity contribution in [3.63, 3.8) is 0 Å². The zero-order valence-electron chi connectivity index (χ0n) is 12.8. The summed E-state index contributed by atoms with van der Waals surface area (Å²) in [4.78, 5) is 5.10. The molecular formula is C15H31N3O. The van der Waals surface area contributed by atoms with Gasteiger partial charge in [0.05, 0.1) is 6.61 Å². The van der Waals surface area contributed by atoms with Crippen LogP contribution in [0.2, 0.25) is 0 Å². The molecule has 19 heavy (non-hydrogen) atoms. The van der Waals surface area contributed by atoms with Crippen LogP contribution in [-0.4, -0.2) is 76.4 Å². The second kappa shape index (κ2) is 7.58. The molecule has 4 nitrogen and oxygen atoms in total. The highest BCUT2D eigenvalue weighted by atomic mass is 16.5. The molecule has 0 aromatic heterocycles. The minimum atomic E-state index is 0.326. The molecule has 0 amide bonds. The first kappa shape index (κ1) is 15.2. The molecule has 0 aromatic carbocycles. The van der Waals surface area contributed by atoms with Gasteiger partial charge in [-0.3, -0.25) is 0 Å². The maximum absolute atomic E-state index is 5.74. The van der Waals surface area contributed by atoms with Crippen LogP contribution in [0.5, 0.6) is 0 Å². The highest BCUT2D eigenvalue weighted by molar-refractivity contribution is 4.86. The van der Waals surface area contributed by atoms with Crippen molar-refractivity contribution in [2.24, 2.45) is 5.41 Å². The Morgan fingerprint density at radius 2 is 2.05 bits per heavy atom. The minimum Gasteiger partial charge on any atom is -0.381 e. The van der Waals surface area contributed by atoms with E-state index in [1.54, 1.807) is 0 Å². The Morgan fingerprint density at radius 1 is 1.26 bits per heavy atom. The lowest BCUT2D eigenvalue weighted by atomic mass is 9.82. The molecule has 2 aliphatic heterocycles. The summed E-state index contributed by atoms with van der Waals surface area (Å²) in [6, 6.07) is 0. The first-order valence-corrected chi connectivity index (χ1v) is 7.87. The first-order valence-electron chi connectivity index (χ1n) is 7.87. The summed E-state index contributed by atoms with van der Waals surface area (Å²) in [7, 11) is 4.32. The molecule has 112 valence electrons. The molecule has 0 saturated carbocycles. The normalized spacial score (nSPS) is 29.2. The Hall–Kier alpha value is -0.160. The molecule has 2 fully saturated rings. The van der Waals surface area contributed by atoms with Gasteiger partial charge in [0.1, 0.15) is 0 Å². The molecule has 4 heteroatoms. The minimum absolute atomic E-state index is 0.326. The van der Waals surface area contributed by atoms with Crippen LogP contribution in [0.1, 0.15) is 25.7 Å². The third-order valence-electron chi connectivity index (χ3n) is 4.56. The molecule has 1 atom stereocenters.